The summed E-state index contributed by atoms with van der Waals surface area (Å²) in [7, 11) is 0. The Bertz CT molecular complexity index is 423. The molecule has 1 amide bonds. The largest absolute Gasteiger partial charge is 0.478 e. The monoisotopic (exact) mass is 189 g/mol. The molecule has 0 saturated heterocycles. The van der Waals surface area contributed by atoms with Crippen molar-refractivity contribution in [3.05, 3.63) is 35.4 Å². The van der Waals surface area contributed by atoms with E-state index in [2.05, 4.69) is 11.8 Å². The number of nitrogens with two attached hydrogens (primary N) is 1. The van der Waals surface area contributed by atoms with Gasteiger partial charge in [0.2, 0.25) is 0 Å². The van der Waals surface area contributed by atoms with Crippen molar-refractivity contribution in [1.29, 1.82) is 0 Å². The molecule has 0 atom stereocenters. The first-order chi connectivity index (χ1) is 6.59. The number of carboxylic acid groups (broad SMARTS) is 1. The van der Waals surface area contributed by atoms with Gasteiger partial charge >= 0.3 is 5.97 Å². The average molecular weight is 189 g/mol. The van der Waals surface area contributed by atoms with Crippen LogP contribution in [0.2, 0.25) is 0 Å². The minimum absolute atomic E-state index is 0.176. The molecule has 1 aromatic carbocycles. The van der Waals surface area contributed by atoms with E-state index in [4.69, 9.17) is 10.8 Å². The fourth-order valence-electron chi connectivity index (χ4n) is 0.830. The van der Waals surface area contributed by atoms with Crippen LogP contribution in [0.5, 0.6) is 0 Å². The summed E-state index contributed by atoms with van der Waals surface area (Å²) in [4.78, 5) is 20.8. The van der Waals surface area contributed by atoms with Crippen LogP contribution in [0.25, 0.3) is 0 Å². The van der Waals surface area contributed by atoms with Crippen molar-refractivity contribution in [1.82, 2.24) is 0 Å². The van der Waals surface area contributed by atoms with Gasteiger partial charge in [-0.3, -0.25) is 4.79 Å². The van der Waals surface area contributed by atoms with Crippen molar-refractivity contribution in [2.45, 2.75) is 0 Å². The molecule has 4 nitrogen and oxygen atoms in total. The van der Waals surface area contributed by atoms with Gasteiger partial charge in [0.25, 0.3) is 5.91 Å². The number of carbonyl (C=O) groups is 2. The number of hydrogen-bond donors (Lipinski definition) is 2. The van der Waals surface area contributed by atoms with E-state index in [-0.39, 0.29) is 5.56 Å². The van der Waals surface area contributed by atoms with Crippen LogP contribution in [0.1, 0.15) is 15.9 Å². The smallest absolute Gasteiger partial charge is 0.335 e. The third-order valence-electron chi connectivity index (χ3n) is 1.46. The van der Waals surface area contributed by atoms with Crippen LogP contribution >= 0.6 is 0 Å². The molecule has 0 spiro atoms. The van der Waals surface area contributed by atoms with Gasteiger partial charge in [-0.1, -0.05) is 5.92 Å². The number of benzene rings is 1. The number of rotatable bonds is 1. The van der Waals surface area contributed by atoms with Crippen molar-refractivity contribution in [3.63, 3.8) is 0 Å². The second-order valence-electron chi connectivity index (χ2n) is 2.50. The van der Waals surface area contributed by atoms with Gasteiger partial charge in [-0.25, -0.2) is 4.79 Å². The Kier molecular flexibility index (Phi) is 2.87. The Morgan fingerprint density at radius 2 is 1.79 bits per heavy atom. The number of hydrogen-bond acceptors (Lipinski definition) is 2. The molecule has 1 aromatic rings. The van der Waals surface area contributed by atoms with E-state index in [0.29, 0.717) is 5.56 Å². The first kappa shape index (κ1) is 9.81. The molecule has 0 fully saturated rings. The van der Waals surface area contributed by atoms with E-state index in [1.54, 1.807) is 0 Å². The van der Waals surface area contributed by atoms with E-state index in [9.17, 15) is 9.59 Å². The summed E-state index contributed by atoms with van der Waals surface area (Å²) in [6.07, 6.45) is 0. The lowest BCUT2D eigenvalue weighted by molar-refractivity contribution is -0.112. The summed E-state index contributed by atoms with van der Waals surface area (Å²) >= 11 is 0. The van der Waals surface area contributed by atoms with Crippen LogP contribution in [0, 0.1) is 11.8 Å². The lowest BCUT2D eigenvalue weighted by atomic mass is 10.1. The maximum atomic E-state index is 10.5. The van der Waals surface area contributed by atoms with Crippen LogP contribution in [0.15, 0.2) is 24.3 Å². The molecule has 0 unspecified atom stereocenters. The standard InChI is InChI=1S/C10H7NO3/c11-9(12)6-3-7-1-4-8(5-2-7)10(13)14/h1-2,4-5H,(H2,11,12)(H,13,14). The van der Waals surface area contributed by atoms with Crippen molar-refractivity contribution in [2.75, 3.05) is 0 Å². The van der Waals surface area contributed by atoms with Gasteiger partial charge in [0.1, 0.15) is 0 Å². The lowest BCUT2D eigenvalue weighted by Gasteiger charge is -1.92. The van der Waals surface area contributed by atoms with E-state index in [0.717, 1.165) is 0 Å². The summed E-state index contributed by atoms with van der Waals surface area (Å²) in [6, 6.07) is 5.85. The van der Waals surface area contributed by atoms with E-state index in [1.807, 2.05) is 0 Å². The molecule has 0 aliphatic rings. The van der Waals surface area contributed by atoms with Crippen molar-refractivity contribution < 1.29 is 14.7 Å². The predicted octanol–water partition coefficient (Wildman–Crippen LogP) is 0.222. The maximum Gasteiger partial charge on any atom is 0.335 e. The molecule has 3 N–H and O–H groups in total. The zero-order valence-electron chi connectivity index (χ0n) is 7.15. The van der Waals surface area contributed by atoms with E-state index >= 15 is 0 Å². The second-order valence-corrected chi connectivity index (χ2v) is 2.50. The molecule has 0 aliphatic heterocycles. The number of carboxylic acids is 1. The summed E-state index contributed by atoms with van der Waals surface area (Å²) < 4.78 is 0. The van der Waals surface area contributed by atoms with Gasteiger partial charge in [-0.15, -0.1) is 0 Å². The Balaban J connectivity index is 2.91. The van der Waals surface area contributed by atoms with Crippen LogP contribution in [-0.4, -0.2) is 17.0 Å². The molecule has 70 valence electrons. The fraction of sp³-hybridized carbons (Fsp3) is 0. The highest BCUT2D eigenvalue weighted by Gasteiger charge is 1.99. The Labute approximate surface area is 80.3 Å². The van der Waals surface area contributed by atoms with Crippen molar-refractivity contribution >= 4 is 11.9 Å². The first-order valence-electron chi connectivity index (χ1n) is 3.74. The predicted molar refractivity (Wildman–Crippen MR) is 49.5 cm³/mol. The van der Waals surface area contributed by atoms with Gasteiger partial charge < -0.3 is 10.8 Å². The highest BCUT2D eigenvalue weighted by molar-refractivity contribution is 5.92. The normalized spacial score (nSPS) is 8.57. The minimum Gasteiger partial charge on any atom is -0.478 e. The Morgan fingerprint density at radius 1 is 1.21 bits per heavy atom. The number of amides is 1. The average Bonchev–Trinajstić information content (AvgIpc) is 2.15. The summed E-state index contributed by atoms with van der Waals surface area (Å²) in [5, 5.41) is 8.58. The van der Waals surface area contributed by atoms with E-state index < -0.39 is 11.9 Å². The zero-order valence-corrected chi connectivity index (χ0v) is 7.15. The van der Waals surface area contributed by atoms with E-state index in [1.165, 1.54) is 24.3 Å². The summed E-state index contributed by atoms with van der Waals surface area (Å²) in [5.74, 6) is 2.93. The van der Waals surface area contributed by atoms with Gasteiger partial charge in [-0.2, -0.15) is 0 Å². The summed E-state index contributed by atoms with van der Waals surface area (Å²) in [5.41, 5.74) is 5.54. The molecule has 1 rings (SSSR count). The van der Waals surface area contributed by atoms with Gasteiger partial charge in [0.05, 0.1) is 5.56 Å². The molecule has 0 aliphatic carbocycles. The molecule has 0 heterocycles. The second kappa shape index (κ2) is 4.10. The topological polar surface area (TPSA) is 80.4 Å². The van der Waals surface area contributed by atoms with Gasteiger partial charge in [0, 0.05) is 5.56 Å². The highest BCUT2D eigenvalue weighted by atomic mass is 16.4. The zero-order chi connectivity index (χ0) is 10.6. The number of primary amides is 1. The van der Waals surface area contributed by atoms with Crippen LogP contribution in [0.3, 0.4) is 0 Å². The summed E-state index contributed by atoms with van der Waals surface area (Å²) in [6.45, 7) is 0. The quantitative estimate of drug-likeness (QED) is 0.620. The third kappa shape index (κ3) is 2.64. The molecule has 0 bridgehead atoms. The first-order valence-corrected chi connectivity index (χ1v) is 3.74. The Morgan fingerprint density at radius 3 is 2.21 bits per heavy atom. The molecule has 0 radical (unpaired) electrons. The molecule has 4 heteroatoms. The van der Waals surface area contributed by atoms with Crippen molar-refractivity contribution in [3.8, 4) is 11.8 Å². The third-order valence-corrected chi connectivity index (χ3v) is 1.46. The molecular formula is C10H7NO3. The molecule has 0 aromatic heterocycles. The van der Waals surface area contributed by atoms with Crippen LogP contribution < -0.4 is 5.73 Å². The maximum absolute atomic E-state index is 10.5. The van der Waals surface area contributed by atoms with Gasteiger partial charge in [0.15, 0.2) is 0 Å². The van der Waals surface area contributed by atoms with Gasteiger partial charge in [-0.05, 0) is 30.2 Å². The highest BCUT2D eigenvalue weighted by Crippen LogP contribution is 2.02. The Hall–Kier alpha value is -2.28. The van der Waals surface area contributed by atoms with Crippen LogP contribution in [0.4, 0.5) is 0 Å². The number of aromatic carboxylic acids is 1. The van der Waals surface area contributed by atoms with Crippen LogP contribution in [-0.2, 0) is 4.79 Å². The minimum atomic E-state index is -1.00. The SMILES string of the molecule is NC(=O)C#Cc1ccc(C(=O)O)cc1. The van der Waals surface area contributed by atoms with Crippen molar-refractivity contribution in [2.24, 2.45) is 5.73 Å². The molecular weight excluding hydrogens is 182 g/mol. The fourth-order valence-corrected chi connectivity index (χ4v) is 0.830. The molecule has 0 saturated carbocycles. The lowest BCUT2D eigenvalue weighted by Crippen LogP contribution is -2.06. The molecule has 14 heavy (non-hydrogen) atoms. The number of carbonyl (C=O) groups excluding carboxylic acids is 1.